The third kappa shape index (κ3) is 7.47. The van der Waals surface area contributed by atoms with Gasteiger partial charge in [-0.2, -0.15) is 0 Å². The van der Waals surface area contributed by atoms with Crippen molar-refractivity contribution in [2.45, 2.75) is 63.3 Å². The maximum absolute atomic E-state index is 11.6. The Labute approximate surface area is 234 Å². The van der Waals surface area contributed by atoms with Gasteiger partial charge in [-0.25, -0.2) is 0 Å². The monoisotopic (exact) mass is 601 g/mol. The number of nitrogens with zero attached hydrogens (tertiary/aromatic N) is 1. The summed E-state index contributed by atoms with van der Waals surface area (Å²) in [5.74, 6) is 0.987. The van der Waals surface area contributed by atoms with Gasteiger partial charge in [0.2, 0.25) is 0 Å². The molecule has 0 aliphatic heterocycles. The fourth-order valence-corrected chi connectivity index (χ4v) is 5.02. The minimum absolute atomic E-state index is 0.264. The number of phenolic OH excluding ortho intramolecular Hbond substituents is 1. The van der Waals surface area contributed by atoms with Crippen molar-refractivity contribution in [3.63, 3.8) is 0 Å². The summed E-state index contributed by atoms with van der Waals surface area (Å²) in [7, 11) is 11.5. The molecule has 0 amide bonds. The maximum atomic E-state index is 11.6. The Balaban J connectivity index is 0.00000115. The molecule has 190 valence electrons. The van der Waals surface area contributed by atoms with E-state index in [1.165, 1.54) is 32.1 Å². The number of rotatable bonds is 6. The molecule has 6 heteroatoms. The first kappa shape index (κ1) is 29.0. The van der Waals surface area contributed by atoms with Crippen LogP contribution in [0.5, 0.6) is 11.5 Å². The molecule has 3 aromatic carbocycles. The molecule has 0 atom stereocenters. The van der Waals surface area contributed by atoms with Crippen LogP contribution in [0.3, 0.4) is 0 Å². The fourth-order valence-electron chi connectivity index (χ4n) is 5.02. The molecule has 0 spiro atoms. The van der Waals surface area contributed by atoms with Crippen molar-refractivity contribution in [3.05, 3.63) is 95.1 Å². The van der Waals surface area contributed by atoms with Crippen molar-refractivity contribution in [2.75, 3.05) is 7.11 Å². The van der Waals surface area contributed by atoms with Gasteiger partial charge in [0.05, 0.1) is 7.11 Å². The van der Waals surface area contributed by atoms with E-state index >= 15 is 0 Å². The summed E-state index contributed by atoms with van der Waals surface area (Å²) in [4.78, 5) is 4.92. The van der Waals surface area contributed by atoms with E-state index in [-0.39, 0.29) is 5.75 Å². The Bertz CT molecular complexity index is 1050. The molecule has 1 saturated carbocycles. The van der Waals surface area contributed by atoms with E-state index in [0.717, 1.165) is 35.3 Å². The Hall–Kier alpha value is -1.61. The standard InChI is InChI=1S/C30H35NO2.2ClH.Zr/c1-30(24-14-8-6-9-15-24,25-16-10-7-11-17-25)28-21-27(33-2)20-23(29(28)32)22-31-26-18-12-4-3-5-13-19-26;;;/h6-11,14-17,20-22,26,32H,3-5,12-13,18-19H2,1-2H3;2*1H;/q;;;+2/p-2. The van der Waals surface area contributed by atoms with Gasteiger partial charge in [0, 0.05) is 28.8 Å². The third-order valence-corrected chi connectivity index (χ3v) is 7.09. The van der Waals surface area contributed by atoms with Gasteiger partial charge in [0.15, 0.2) is 0 Å². The van der Waals surface area contributed by atoms with Gasteiger partial charge in [-0.1, -0.05) is 92.8 Å². The second-order valence-electron chi connectivity index (χ2n) is 9.32. The number of ether oxygens (including phenoxy) is 1. The molecule has 0 heterocycles. The Kier molecular flexibility index (Phi) is 12.0. The summed E-state index contributed by atoms with van der Waals surface area (Å²) < 4.78 is 5.67. The molecule has 36 heavy (non-hydrogen) atoms. The molecule has 1 aliphatic carbocycles. The summed E-state index contributed by atoms with van der Waals surface area (Å²) in [5.41, 5.74) is 3.21. The predicted molar refractivity (Wildman–Crippen MR) is 149 cm³/mol. The van der Waals surface area contributed by atoms with Crippen LogP contribution >= 0.6 is 17.0 Å². The summed E-state index contributed by atoms with van der Waals surface area (Å²) >= 11 is -0.826. The molecular formula is C30H35Cl2NO2Zr. The zero-order valence-electron chi connectivity index (χ0n) is 21.1. The first-order valence-corrected chi connectivity index (χ1v) is 18.9. The number of halogens is 2. The van der Waals surface area contributed by atoms with E-state index in [4.69, 9.17) is 26.8 Å². The summed E-state index contributed by atoms with van der Waals surface area (Å²) in [6.45, 7) is 2.17. The number of aliphatic imine (C=N–C) groups is 1. The van der Waals surface area contributed by atoms with Crippen molar-refractivity contribution in [1.29, 1.82) is 0 Å². The van der Waals surface area contributed by atoms with Gasteiger partial charge in [0.25, 0.3) is 0 Å². The zero-order valence-corrected chi connectivity index (χ0v) is 25.1. The number of benzene rings is 3. The third-order valence-electron chi connectivity index (χ3n) is 7.09. The molecule has 0 bridgehead atoms. The van der Waals surface area contributed by atoms with E-state index in [0.29, 0.717) is 11.6 Å². The average molecular weight is 604 g/mol. The topological polar surface area (TPSA) is 41.8 Å². The van der Waals surface area contributed by atoms with Gasteiger partial charge >= 0.3 is 37.9 Å². The van der Waals surface area contributed by atoms with Crippen molar-refractivity contribution >= 4 is 23.2 Å². The fraction of sp³-hybridized carbons (Fsp3) is 0.367. The predicted octanol–water partition coefficient (Wildman–Crippen LogP) is 8.66. The van der Waals surface area contributed by atoms with E-state index in [1.807, 2.05) is 54.7 Å². The molecule has 0 aromatic heterocycles. The van der Waals surface area contributed by atoms with Gasteiger partial charge in [-0.05, 0) is 43.0 Å². The van der Waals surface area contributed by atoms with Crippen LogP contribution in [0.1, 0.15) is 74.1 Å². The molecule has 4 rings (SSSR count). The summed E-state index contributed by atoms with van der Waals surface area (Å²) in [6, 6.07) is 24.9. The number of phenols is 1. The van der Waals surface area contributed by atoms with Crippen molar-refractivity contribution in [3.8, 4) is 11.5 Å². The van der Waals surface area contributed by atoms with Crippen LogP contribution in [0, 0.1) is 0 Å². The number of hydrogen-bond donors (Lipinski definition) is 1. The van der Waals surface area contributed by atoms with Crippen LogP contribution in [0.4, 0.5) is 0 Å². The Morgan fingerprint density at radius 1 is 0.889 bits per heavy atom. The first-order valence-electron chi connectivity index (χ1n) is 12.6. The molecule has 1 fully saturated rings. The minimum atomic E-state index is -0.826. The van der Waals surface area contributed by atoms with E-state index < -0.39 is 26.3 Å². The van der Waals surface area contributed by atoms with Crippen molar-refractivity contribution in [1.82, 2.24) is 0 Å². The Morgan fingerprint density at radius 3 is 1.89 bits per heavy atom. The quantitative estimate of drug-likeness (QED) is 0.226. The summed E-state index contributed by atoms with van der Waals surface area (Å²) in [6.07, 6.45) is 10.5. The SMILES string of the molecule is COc1cc(C=NC2CCCCCCC2)c(O)c(C(C)(c2ccccc2)c2ccccc2)c1.[Cl][Zr][Cl]. The van der Waals surface area contributed by atoms with Crippen LogP contribution < -0.4 is 4.74 Å². The zero-order chi connectivity index (χ0) is 25.8. The molecule has 0 unspecified atom stereocenters. The first-order chi connectivity index (χ1) is 17.5. The molecule has 1 aliphatic rings. The normalized spacial score (nSPS) is 14.9. The number of aromatic hydroxyl groups is 1. The van der Waals surface area contributed by atoms with Gasteiger partial charge in [-0.15, -0.1) is 0 Å². The van der Waals surface area contributed by atoms with E-state index in [2.05, 4.69) is 31.2 Å². The molecule has 1 N–H and O–H groups in total. The van der Waals surface area contributed by atoms with E-state index in [9.17, 15) is 5.11 Å². The van der Waals surface area contributed by atoms with Gasteiger partial charge < -0.3 is 9.84 Å². The van der Waals surface area contributed by atoms with Crippen LogP contribution in [0.15, 0.2) is 77.8 Å². The molecule has 3 nitrogen and oxygen atoms in total. The van der Waals surface area contributed by atoms with Crippen LogP contribution in [-0.4, -0.2) is 24.5 Å². The molecular weight excluding hydrogens is 568 g/mol. The van der Waals surface area contributed by atoms with E-state index in [1.54, 1.807) is 7.11 Å². The average Bonchev–Trinajstić information content (AvgIpc) is 2.90. The van der Waals surface area contributed by atoms with Crippen LogP contribution in [0.2, 0.25) is 0 Å². The van der Waals surface area contributed by atoms with Crippen molar-refractivity contribution < 1.29 is 30.7 Å². The molecule has 3 aromatic rings. The molecule has 0 saturated heterocycles. The molecule has 0 radical (unpaired) electrons. The number of methoxy groups -OCH3 is 1. The second kappa shape index (κ2) is 15.0. The number of hydrogen-bond acceptors (Lipinski definition) is 3. The second-order valence-corrected chi connectivity index (χ2v) is 13.1. The Morgan fingerprint density at radius 2 is 1.39 bits per heavy atom. The van der Waals surface area contributed by atoms with Gasteiger partial charge in [-0.3, -0.25) is 4.99 Å². The van der Waals surface area contributed by atoms with Crippen molar-refractivity contribution in [2.24, 2.45) is 4.99 Å². The summed E-state index contributed by atoms with van der Waals surface area (Å²) in [5, 5.41) is 11.6. The van der Waals surface area contributed by atoms with Crippen LogP contribution in [-0.2, 0) is 26.3 Å². The van der Waals surface area contributed by atoms with Crippen LogP contribution in [0.25, 0.3) is 0 Å². The van der Waals surface area contributed by atoms with Gasteiger partial charge in [0.1, 0.15) is 11.5 Å².